The first kappa shape index (κ1) is 20.9. The molecule has 0 radical (unpaired) electrons. The lowest BCUT2D eigenvalue weighted by atomic mass is 10.0. The van der Waals surface area contributed by atoms with Crippen molar-refractivity contribution in [3.05, 3.63) is 58.8 Å². The summed E-state index contributed by atoms with van der Waals surface area (Å²) in [6.07, 6.45) is 1.68. The number of nitrogens with one attached hydrogen (secondary N) is 1. The van der Waals surface area contributed by atoms with Crippen LogP contribution in [0.15, 0.2) is 46.8 Å². The number of ether oxygens (including phenoxy) is 1. The Bertz CT molecular complexity index is 894. The SMILES string of the molecule is CNC(=O)C(=NOC)c1ccccc1COc1ncc(C(C)=NOC)cc1C. The zero-order chi connectivity index (χ0) is 20.5. The first-order valence-electron chi connectivity index (χ1n) is 8.60. The van der Waals surface area contributed by atoms with Crippen molar-refractivity contribution in [2.45, 2.75) is 20.5 Å². The van der Waals surface area contributed by atoms with Crippen LogP contribution in [0, 0.1) is 6.92 Å². The fraction of sp³-hybridized carbons (Fsp3) is 0.300. The molecule has 0 aliphatic rings. The predicted octanol–water partition coefficient (Wildman–Crippen LogP) is 2.44. The Morgan fingerprint density at radius 3 is 2.54 bits per heavy atom. The first-order valence-corrected chi connectivity index (χ1v) is 8.60. The molecule has 0 bridgehead atoms. The number of aryl methyl sites for hydroxylation is 1. The van der Waals surface area contributed by atoms with Crippen LogP contribution in [-0.2, 0) is 21.1 Å². The maximum Gasteiger partial charge on any atom is 0.273 e. The zero-order valence-corrected chi connectivity index (χ0v) is 16.6. The van der Waals surface area contributed by atoms with Gasteiger partial charge < -0.3 is 19.7 Å². The van der Waals surface area contributed by atoms with E-state index in [-0.39, 0.29) is 18.2 Å². The molecule has 8 nitrogen and oxygen atoms in total. The van der Waals surface area contributed by atoms with Gasteiger partial charge in [0.05, 0.1) is 5.71 Å². The minimum atomic E-state index is -0.346. The minimum absolute atomic E-state index is 0.177. The van der Waals surface area contributed by atoms with Crippen molar-refractivity contribution in [1.29, 1.82) is 0 Å². The van der Waals surface area contributed by atoms with Crippen molar-refractivity contribution in [2.75, 3.05) is 21.3 Å². The van der Waals surface area contributed by atoms with Crippen molar-refractivity contribution in [2.24, 2.45) is 10.3 Å². The lowest BCUT2D eigenvalue weighted by Gasteiger charge is -2.13. The third-order valence-electron chi connectivity index (χ3n) is 3.94. The Labute approximate surface area is 164 Å². The van der Waals surface area contributed by atoms with Gasteiger partial charge >= 0.3 is 0 Å². The molecule has 8 heteroatoms. The van der Waals surface area contributed by atoms with Gasteiger partial charge in [0.1, 0.15) is 20.8 Å². The highest BCUT2D eigenvalue weighted by molar-refractivity contribution is 6.45. The van der Waals surface area contributed by atoms with Crippen molar-refractivity contribution < 1.29 is 19.2 Å². The van der Waals surface area contributed by atoms with Gasteiger partial charge in [0.15, 0.2) is 5.71 Å². The lowest BCUT2D eigenvalue weighted by molar-refractivity contribution is -0.114. The summed E-state index contributed by atoms with van der Waals surface area (Å²) in [5.74, 6) is 0.148. The van der Waals surface area contributed by atoms with Crippen LogP contribution in [0.3, 0.4) is 0 Å². The van der Waals surface area contributed by atoms with E-state index in [9.17, 15) is 4.79 Å². The first-order chi connectivity index (χ1) is 13.5. The Morgan fingerprint density at radius 2 is 1.89 bits per heavy atom. The van der Waals surface area contributed by atoms with Crippen LogP contribution in [0.2, 0.25) is 0 Å². The molecular weight excluding hydrogens is 360 g/mol. The normalized spacial score (nSPS) is 11.8. The summed E-state index contributed by atoms with van der Waals surface area (Å²) in [6, 6.07) is 9.27. The Balaban J connectivity index is 2.25. The van der Waals surface area contributed by atoms with Crippen molar-refractivity contribution >= 4 is 17.3 Å². The van der Waals surface area contributed by atoms with Crippen LogP contribution in [0.5, 0.6) is 5.88 Å². The molecular formula is C20H24N4O4. The van der Waals surface area contributed by atoms with Gasteiger partial charge in [0, 0.05) is 29.9 Å². The van der Waals surface area contributed by atoms with E-state index < -0.39 is 0 Å². The third-order valence-corrected chi connectivity index (χ3v) is 3.94. The Hall–Kier alpha value is -3.42. The number of hydrogen-bond donors (Lipinski definition) is 1. The number of benzene rings is 1. The number of pyridine rings is 1. The highest BCUT2D eigenvalue weighted by atomic mass is 16.6. The largest absolute Gasteiger partial charge is 0.473 e. The highest BCUT2D eigenvalue weighted by Crippen LogP contribution is 2.19. The van der Waals surface area contributed by atoms with Crippen LogP contribution in [-0.4, -0.2) is 43.6 Å². The van der Waals surface area contributed by atoms with Gasteiger partial charge in [-0.05, 0) is 25.5 Å². The molecule has 1 aromatic carbocycles. The lowest BCUT2D eigenvalue weighted by Crippen LogP contribution is -2.29. The van der Waals surface area contributed by atoms with Gasteiger partial charge in [-0.25, -0.2) is 4.98 Å². The average molecular weight is 384 g/mol. The molecule has 0 aliphatic heterocycles. The molecule has 0 saturated heterocycles. The molecule has 28 heavy (non-hydrogen) atoms. The number of oxime groups is 2. The third kappa shape index (κ3) is 5.06. The number of hydrogen-bond acceptors (Lipinski definition) is 7. The van der Waals surface area contributed by atoms with Gasteiger partial charge in [-0.2, -0.15) is 0 Å². The van der Waals surface area contributed by atoms with Gasteiger partial charge in [0.2, 0.25) is 5.88 Å². The molecule has 1 aromatic heterocycles. The molecule has 0 aliphatic carbocycles. The summed E-state index contributed by atoms with van der Waals surface area (Å²) in [4.78, 5) is 26.1. The maximum absolute atomic E-state index is 12.1. The second-order valence-corrected chi connectivity index (χ2v) is 5.85. The summed E-state index contributed by atoms with van der Waals surface area (Å²) in [5, 5.41) is 10.3. The second kappa shape index (κ2) is 10.1. The minimum Gasteiger partial charge on any atom is -0.473 e. The standard InChI is InChI=1S/C20H24N4O4/c1-13-10-16(14(2)23-26-4)11-22-20(13)28-12-15-8-6-7-9-17(15)18(24-27-5)19(25)21-3/h6-11H,12H2,1-5H3,(H,21,25). The van der Waals surface area contributed by atoms with Crippen molar-refractivity contribution in [1.82, 2.24) is 10.3 Å². The van der Waals surface area contributed by atoms with Crippen molar-refractivity contribution in [3.8, 4) is 5.88 Å². The van der Waals surface area contributed by atoms with Crippen LogP contribution in [0.25, 0.3) is 0 Å². The molecule has 0 spiro atoms. The van der Waals surface area contributed by atoms with Gasteiger partial charge in [-0.15, -0.1) is 0 Å². The summed E-state index contributed by atoms with van der Waals surface area (Å²) in [6.45, 7) is 3.96. The molecule has 0 unspecified atom stereocenters. The molecule has 0 saturated carbocycles. The molecule has 0 atom stereocenters. The van der Waals surface area contributed by atoms with Gasteiger partial charge in [-0.3, -0.25) is 4.79 Å². The van der Waals surface area contributed by atoms with E-state index in [0.29, 0.717) is 11.4 Å². The Morgan fingerprint density at radius 1 is 1.18 bits per heavy atom. The number of nitrogens with zero attached hydrogens (tertiary/aromatic N) is 3. The van der Waals surface area contributed by atoms with E-state index in [2.05, 4.69) is 20.6 Å². The molecule has 1 amide bonds. The zero-order valence-electron chi connectivity index (χ0n) is 16.6. The fourth-order valence-corrected chi connectivity index (χ4v) is 2.55. The second-order valence-electron chi connectivity index (χ2n) is 5.85. The van der Waals surface area contributed by atoms with Crippen LogP contribution in [0.1, 0.15) is 29.2 Å². The quantitative estimate of drug-likeness (QED) is 0.557. The van der Waals surface area contributed by atoms with E-state index in [0.717, 1.165) is 22.4 Å². The number of carbonyl (C=O) groups is 1. The summed E-state index contributed by atoms with van der Waals surface area (Å²) < 4.78 is 5.89. The fourth-order valence-electron chi connectivity index (χ4n) is 2.55. The summed E-state index contributed by atoms with van der Waals surface area (Å²) >= 11 is 0. The van der Waals surface area contributed by atoms with Crippen molar-refractivity contribution in [3.63, 3.8) is 0 Å². The van der Waals surface area contributed by atoms with Crippen LogP contribution in [0.4, 0.5) is 0 Å². The molecule has 148 valence electrons. The molecule has 0 fully saturated rings. The Kier molecular flexibility index (Phi) is 7.50. The van der Waals surface area contributed by atoms with Crippen LogP contribution < -0.4 is 10.1 Å². The number of rotatable bonds is 8. The monoisotopic (exact) mass is 384 g/mol. The van der Waals surface area contributed by atoms with E-state index >= 15 is 0 Å². The molecule has 1 heterocycles. The van der Waals surface area contributed by atoms with E-state index in [1.54, 1.807) is 12.3 Å². The van der Waals surface area contributed by atoms with E-state index in [4.69, 9.17) is 14.4 Å². The van der Waals surface area contributed by atoms with Gasteiger partial charge in [0.25, 0.3) is 5.91 Å². The number of likely N-dealkylation sites (N-methyl/N-ethyl adjacent to an activating group) is 1. The molecule has 2 aromatic rings. The van der Waals surface area contributed by atoms with Gasteiger partial charge in [-0.1, -0.05) is 34.6 Å². The highest BCUT2D eigenvalue weighted by Gasteiger charge is 2.18. The van der Waals surface area contributed by atoms with E-state index in [1.807, 2.05) is 38.1 Å². The number of amides is 1. The number of aromatic nitrogens is 1. The summed E-state index contributed by atoms with van der Waals surface area (Å²) in [7, 11) is 4.43. The smallest absolute Gasteiger partial charge is 0.273 e. The maximum atomic E-state index is 12.1. The average Bonchev–Trinajstić information content (AvgIpc) is 2.71. The number of carbonyl (C=O) groups excluding carboxylic acids is 1. The molecule has 2 rings (SSSR count). The molecule has 1 N–H and O–H groups in total. The summed E-state index contributed by atoms with van der Waals surface area (Å²) in [5.41, 5.74) is 4.01. The van der Waals surface area contributed by atoms with Crippen LogP contribution >= 0.6 is 0 Å². The topological polar surface area (TPSA) is 94.4 Å². The van der Waals surface area contributed by atoms with E-state index in [1.165, 1.54) is 21.3 Å². The predicted molar refractivity (Wildman–Crippen MR) is 107 cm³/mol.